The Kier molecular flexibility index (Phi) is 6.85. The molecular formula is C16H20N2O3S2. The number of carbonyl (C=O) groups excluding carboxylic acids is 2. The third-order valence-electron chi connectivity index (χ3n) is 3.30. The first-order valence-electron chi connectivity index (χ1n) is 7.55. The summed E-state index contributed by atoms with van der Waals surface area (Å²) >= 11 is 2.87. The molecule has 0 spiro atoms. The van der Waals surface area contributed by atoms with E-state index in [0.29, 0.717) is 0 Å². The summed E-state index contributed by atoms with van der Waals surface area (Å²) in [6.07, 6.45) is 1.73. The number of amides is 1. The third-order valence-corrected chi connectivity index (χ3v) is 5.46. The maximum absolute atomic E-state index is 11.7. The number of nitrogens with one attached hydrogen (secondary N) is 1. The lowest BCUT2D eigenvalue weighted by atomic mass is 10.2. The molecule has 0 saturated carbocycles. The molecule has 1 aromatic carbocycles. The van der Waals surface area contributed by atoms with Gasteiger partial charge in [-0.2, -0.15) is 0 Å². The van der Waals surface area contributed by atoms with Crippen molar-refractivity contribution < 1.29 is 14.3 Å². The summed E-state index contributed by atoms with van der Waals surface area (Å²) in [5, 5.41) is 2.83. The number of thioether (sulfide) groups is 1. The fourth-order valence-electron chi connectivity index (χ4n) is 1.98. The van der Waals surface area contributed by atoms with Crippen LogP contribution in [0.15, 0.2) is 28.6 Å². The van der Waals surface area contributed by atoms with E-state index < -0.39 is 5.97 Å². The van der Waals surface area contributed by atoms with Crippen molar-refractivity contribution >= 4 is 45.2 Å². The molecule has 1 aromatic heterocycles. The van der Waals surface area contributed by atoms with Gasteiger partial charge in [0, 0.05) is 6.04 Å². The van der Waals surface area contributed by atoms with Crippen LogP contribution in [0.3, 0.4) is 0 Å². The van der Waals surface area contributed by atoms with Crippen LogP contribution in [0.2, 0.25) is 0 Å². The molecule has 2 aromatic rings. The molecule has 124 valence electrons. The first-order chi connectivity index (χ1) is 11.1. The van der Waals surface area contributed by atoms with Gasteiger partial charge in [-0.25, -0.2) is 4.98 Å². The van der Waals surface area contributed by atoms with Crippen molar-refractivity contribution in [1.82, 2.24) is 10.3 Å². The van der Waals surface area contributed by atoms with Crippen LogP contribution >= 0.6 is 23.1 Å². The summed E-state index contributed by atoms with van der Waals surface area (Å²) in [5.41, 5.74) is 0.929. The van der Waals surface area contributed by atoms with Crippen molar-refractivity contribution in [2.24, 2.45) is 0 Å². The van der Waals surface area contributed by atoms with E-state index in [1.807, 2.05) is 38.1 Å². The van der Waals surface area contributed by atoms with E-state index in [1.54, 1.807) is 11.3 Å². The van der Waals surface area contributed by atoms with Crippen LogP contribution in [0.25, 0.3) is 10.2 Å². The summed E-state index contributed by atoms with van der Waals surface area (Å²) in [7, 11) is 0. The van der Waals surface area contributed by atoms with Gasteiger partial charge in [-0.15, -0.1) is 11.3 Å². The maximum Gasteiger partial charge on any atom is 0.316 e. The monoisotopic (exact) mass is 352 g/mol. The van der Waals surface area contributed by atoms with Gasteiger partial charge in [-0.1, -0.05) is 37.7 Å². The lowest BCUT2D eigenvalue weighted by Gasteiger charge is -2.14. The average molecular weight is 352 g/mol. The highest BCUT2D eigenvalue weighted by Crippen LogP contribution is 2.29. The molecule has 0 saturated heterocycles. The lowest BCUT2D eigenvalue weighted by molar-refractivity contribution is -0.146. The standard InChI is InChI=1S/C16H20N2O3S2/c1-3-11(4-2)17-14(19)9-21-15(20)10-22-16-18-12-7-5-6-8-13(12)23-16/h5-8,11H,3-4,9-10H2,1-2H3,(H,17,19). The van der Waals surface area contributed by atoms with Crippen molar-refractivity contribution in [2.75, 3.05) is 12.4 Å². The van der Waals surface area contributed by atoms with Crippen molar-refractivity contribution in [3.8, 4) is 0 Å². The summed E-state index contributed by atoms with van der Waals surface area (Å²) in [6, 6.07) is 7.97. The highest BCUT2D eigenvalue weighted by molar-refractivity contribution is 8.01. The van der Waals surface area contributed by atoms with Gasteiger partial charge in [-0.3, -0.25) is 9.59 Å². The average Bonchev–Trinajstić information content (AvgIpc) is 2.98. The third kappa shape index (κ3) is 5.51. The summed E-state index contributed by atoms with van der Waals surface area (Å²) in [5.74, 6) is -0.510. The summed E-state index contributed by atoms with van der Waals surface area (Å²) in [6.45, 7) is 3.79. The number of benzene rings is 1. The molecule has 7 heteroatoms. The zero-order chi connectivity index (χ0) is 16.7. The molecule has 0 radical (unpaired) electrons. The number of thiazole rings is 1. The van der Waals surface area contributed by atoms with Gasteiger partial charge in [0.05, 0.1) is 16.0 Å². The Morgan fingerprint density at radius 1 is 1.30 bits per heavy atom. The van der Waals surface area contributed by atoms with Gasteiger partial charge in [0.15, 0.2) is 10.9 Å². The Balaban J connectivity index is 1.73. The Morgan fingerprint density at radius 3 is 2.74 bits per heavy atom. The van der Waals surface area contributed by atoms with Crippen molar-refractivity contribution in [2.45, 2.75) is 37.1 Å². The maximum atomic E-state index is 11.7. The zero-order valence-corrected chi connectivity index (χ0v) is 14.8. The second-order valence-corrected chi connectivity index (χ2v) is 7.23. The molecule has 0 aliphatic rings. The molecule has 2 rings (SSSR count). The Labute approximate surface area is 143 Å². The van der Waals surface area contributed by atoms with Crippen LogP contribution in [-0.2, 0) is 14.3 Å². The number of hydrogen-bond donors (Lipinski definition) is 1. The van der Waals surface area contributed by atoms with Crippen LogP contribution < -0.4 is 5.32 Å². The van der Waals surface area contributed by atoms with Crippen LogP contribution in [-0.4, -0.2) is 35.3 Å². The highest BCUT2D eigenvalue weighted by atomic mass is 32.2. The molecule has 0 atom stereocenters. The lowest BCUT2D eigenvalue weighted by Crippen LogP contribution is -2.37. The van der Waals surface area contributed by atoms with E-state index in [-0.39, 0.29) is 24.3 Å². The van der Waals surface area contributed by atoms with Gasteiger partial charge in [-0.05, 0) is 25.0 Å². The smallest absolute Gasteiger partial charge is 0.316 e. The molecule has 1 N–H and O–H groups in total. The number of nitrogens with zero attached hydrogens (tertiary/aromatic N) is 1. The van der Waals surface area contributed by atoms with Crippen LogP contribution in [0.4, 0.5) is 0 Å². The number of esters is 1. The number of carbonyl (C=O) groups is 2. The minimum atomic E-state index is -0.408. The molecule has 1 heterocycles. The van der Waals surface area contributed by atoms with Crippen LogP contribution in [0, 0.1) is 0 Å². The highest BCUT2D eigenvalue weighted by Gasteiger charge is 2.12. The molecule has 1 amide bonds. The van der Waals surface area contributed by atoms with E-state index in [4.69, 9.17) is 4.74 Å². The Bertz CT molecular complexity index is 635. The zero-order valence-electron chi connectivity index (χ0n) is 13.2. The number of ether oxygens (including phenoxy) is 1. The predicted molar refractivity (Wildman–Crippen MR) is 93.8 cm³/mol. The number of fused-ring (bicyclic) bond motifs is 1. The first-order valence-corrected chi connectivity index (χ1v) is 9.36. The van der Waals surface area contributed by atoms with Crippen molar-refractivity contribution in [3.05, 3.63) is 24.3 Å². The van der Waals surface area contributed by atoms with Gasteiger partial charge < -0.3 is 10.1 Å². The van der Waals surface area contributed by atoms with Gasteiger partial charge >= 0.3 is 5.97 Å². The van der Waals surface area contributed by atoms with Crippen LogP contribution in [0.5, 0.6) is 0 Å². The second kappa shape index (κ2) is 8.88. The normalized spacial score (nSPS) is 10.9. The Morgan fingerprint density at radius 2 is 2.04 bits per heavy atom. The van der Waals surface area contributed by atoms with E-state index in [9.17, 15) is 9.59 Å². The predicted octanol–water partition coefficient (Wildman–Crippen LogP) is 3.24. The van der Waals surface area contributed by atoms with Gasteiger partial charge in [0.2, 0.25) is 0 Å². The molecule has 23 heavy (non-hydrogen) atoms. The summed E-state index contributed by atoms with van der Waals surface area (Å²) in [4.78, 5) is 27.8. The molecule has 5 nitrogen and oxygen atoms in total. The molecule has 0 unspecified atom stereocenters. The Hall–Kier alpha value is -1.60. The second-order valence-electron chi connectivity index (χ2n) is 4.98. The molecule has 0 fully saturated rings. The molecule has 0 bridgehead atoms. The first kappa shape index (κ1) is 17.7. The quantitative estimate of drug-likeness (QED) is 0.583. The van der Waals surface area contributed by atoms with E-state index in [1.165, 1.54) is 11.8 Å². The van der Waals surface area contributed by atoms with Gasteiger partial charge in [0.1, 0.15) is 0 Å². The van der Waals surface area contributed by atoms with E-state index >= 15 is 0 Å². The van der Waals surface area contributed by atoms with Gasteiger partial charge in [0.25, 0.3) is 5.91 Å². The van der Waals surface area contributed by atoms with Crippen LogP contribution in [0.1, 0.15) is 26.7 Å². The molecular weight excluding hydrogens is 332 g/mol. The molecule has 0 aliphatic carbocycles. The summed E-state index contributed by atoms with van der Waals surface area (Å²) < 4.78 is 6.91. The topological polar surface area (TPSA) is 68.3 Å². The van der Waals surface area contributed by atoms with Crippen molar-refractivity contribution in [3.63, 3.8) is 0 Å². The fourth-order valence-corrected chi connectivity index (χ4v) is 3.85. The fraction of sp³-hybridized carbons (Fsp3) is 0.438. The minimum absolute atomic E-state index is 0.137. The number of hydrogen-bond acceptors (Lipinski definition) is 6. The molecule has 0 aliphatic heterocycles. The van der Waals surface area contributed by atoms with Crippen molar-refractivity contribution in [1.29, 1.82) is 0 Å². The largest absolute Gasteiger partial charge is 0.455 e. The SMILES string of the molecule is CCC(CC)NC(=O)COC(=O)CSc1nc2ccccc2s1. The van der Waals surface area contributed by atoms with E-state index in [2.05, 4.69) is 10.3 Å². The number of aromatic nitrogens is 1. The number of rotatable bonds is 8. The number of para-hydroxylation sites is 1. The minimum Gasteiger partial charge on any atom is -0.455 e. The van der Waals surface area contributed by atoms with E-state index in [0.717, 1.165) is 27.4 Å².